The van der Waals surface area contributed by atoms with Crippen LogP contribution in [0.2, 0.25) is 0 Å². The number of anilines is 6. The van der Waals surface area contributed by atoms with Gasteiger partial charge in [0.15, 0.2) is 29.8 Å². The summed E-state index contributed by atoms with van der Waals surface area (Å²) in [6.45, 7) is 1.23. The van der Waals surface area contributed by atoms with Crippen molar-refractivity contribution in [1.29, 1.82) is 0 Å². The highest BCUT2D eigenvalue weighted by Gasteiger charge is 2.21. The number of β-amino-alcohol motifs (C(OH)–C–C–N with tert-alkyl or cyclic N) is 1. The van der Waals surface area contributed by atoms with E-state index in [1.165, 1.54) is 0 Å². The van der Waals surface area contributed by atoms with E-state index in [9.17, 15) is 14.3 Å². The van der Waals surface area contributed by atoms with E-state index in [1.54, 1.807) is 24.4 Å². The summed E-state index contributed by atoms with van der Waals surface area (Å²) < 4.78 is 19.5. The van der Waals surface area contributed by atoms with Crippen molar-refractivity contribution in [3.8, 4) is 5.75 Å². The maximum atomic E-state index is 14.3. The fraction of sp³-hybridized carbons (Fsp3) is 0.250. The van der Waals surface area contributed by atoms with E-state index >= 15 is 0 Å². The van der Waals surface area contributed by atoms with Gasteiger partial charge in [0.1, 0.15) is 11.6 Å². The number of carbonyl (C=O) groups is 1. The second kappa shape index (κ2) is 8.23. The number of fused-ring (bicyclic) bond motifs is 1. The molecule has 0 radical (unpaired) electrons. The van der Waals surface area contributed by atoms with E-state index in [0.717, 1.165) is 25.0 Å². The fourth-order valence-electron chi connectivity index (χ4n) is 3.40. The van der Waals surface area contributed by atoms with Crippen LogP contribution in [0.1, 0.15) is 6.42 Å². The van der Waals surface area contributed by atoms with E-state index in [0.29, 0.717) is 18.0 Å². The molecule has 12 heteroatoms. The zero-order chi connectivity index (χ0) is 22.1. The van der Waals surface area contributed by atoms with Gasteiger partial charge in [0.2, 0.25) is 5.95 Å². The van der Waals surface area contributed by atoms with E-state index in [2.05, 4.69) is 35.9 Å². The average molecular weight is 438 g/mol. The smallest absolute Gasteiger partial charge is 0.263 e. The standard InChI is InChI=1S/C20H19FN8O3/c21-13-8-23-20(24-11-1-4-16(22-7-11)29-6-5-12(30)9-29)28-18(13)25-15-3-2-14-19(26-15)27-17(31)10-32-14/h1-4,7-8,12,30H,5-6,9-10H2,(H3,23,24,25,26,27,28,31)/t12-/m0/s1. The van der Waals surface area contributed by atoms with Crippen LogP contribution in [0.25, 0.3) is 0 Å². The number of hydrogen-bond donors (Lipinski definition) is 4. The zero-order valence-corrected chi connectivity index (χ0v) is 16.7. The summed E-state index contributed by atoms with van der Waals surface area (Å²) in [7, 11) is 0. The lowest BCUT2D eigenvalue weighted by atomic mass is 10.3. The second-order valence-electron chi connectivity index (χ2n) is 7.31. The topological polar surface area (TPSA) is 137 Å². The number of pyridine rings is 2. The molecule has 32 heavy (non-hydrogen) atoms. The fourth-order valence-corrected chi connectivity index (χ4v) is 3.40. The summed E-state index contributed by atoms with van der Waals surface area (Å²) >= 11 is 0. The molecule has 3 aromatic heterocycles. The molecule has 0 saturated carbocycles. The Morgan fingerprint density at radius 1 is 1.16 bits per heavy atom. The van der Waals surface area contributed by atoms with Crippen LogP contribution >= 0.6 is 0 Å². The maximum Gasteiger partial charge on any atom is 0.263 e. The van der Waals surface area contributed by atoms with Crippen LogP contribution in [0.3, 0.4) is 0 Å². The van der Waals surface area contributed by atoms with Crippen LogP contribution < -0.4 is 25.6 Å². The van der Waals surface area contributed by atoms with Crippen molar-refractivity contribution in [2.24, 2.45) is 0 Å². The van der Waals surface area contributed by atoms with Crippen molar-refractivity contribution in [3.05, 3.63) is 42.5 Å². The minimum atomic E-state index is -0.670. The molecule has 0 aromatic carbocycles. The summed E-state index contributed by atoms with van der Waals surface area (Å²) in [6.07, 6.45) is 3.04. The quantitative estimate of drug-likeness (QED) is 0.466. The molecule has 5 rings (SSSR count). The first-order valence-electron chi connectivity index (χ1n) is 9.93. The Hall–Kier alpha value is -4.06. The summed E-state index contributed by atoms with van der Waals surface area (Å²) in [4.78, 5) is 30.2. The first-order chi connectivity index (χ1) is 15.5. The molecule has 11 nitrogen and oxygen atoms in total. The molecule has 2 aliphatic heterocycles. The highest BCUT2D eigenvalue weighted by atomic mass is 19.1. The van der Waals surface area contributed by atoms with Gasteiger partial charge >= 0.3 is 0 Å². The third-order valence-corrected chi connectivity index (χ3v) is 4.96. The Morgan fingerprint density at radius 3 is 2.84 bits per heavy atom. The van der Waals surface area contributed by atoms with Crippen LogP contribution in [0.4, 0.5) is 39.3 Å². The molecule has 3 aromatic rings. The molecule has 1 atom stereocenters. The minimum Gasteiger partial charge on any atom is -0.480 e. The van der Waals surface area contributed by atoms with Gasteiger partial charge in [-0.25, -0.2) is 19.3 Å². The molecular formula is C20H19FN8O3. The number of nitrogens with zero attached hydrogens (tertiary/aromatic N) is 5. The molecule has 2 aliphatic rings. The Bertz CT molecular complexity index is 1160. The number of aliphatic hydroxyl groups is 1. The number of nitrogens with one attached hydrogen (secondary N) is 3. The SMILES string of the molecule is O=C1COc2ccc(Nc3nc(Nc4ccc(N5CC[C@H](O)C5)nc4)ncc3F)nc2N1. The van der Waals surface area contributed by atoms with Gasteiger partial charge in [-0.15, -0.1) is 0 Å². The highest BCUT2D eigenvalue weighted by molar-refractivity contribution is 5.94. The Balaban J connectivity index is 1.30. The minimum absolute atomic E-state index is 0.0765. The molecule has 0 aliphatic carbocycles. The Kier molecular flexibility index (Phi) is 5.11. The van der Waals surface area contributed by atoms with Crippen LogP contribution in [-0.2, 0) is 4.79 Å². The normalized spacial score (nSPS) is 17.4. The van der Waals surface area contributed by atoms with Gasteiger partial charge in [-0.05, 0) is 30.7 Å². The van der Waals surface area contributed by atoms with E-state index in [4.69, 9.17) is 4.74 Å². The van der Waals surface area contributed by atoms with Gasteiger partial charge in [0.25, 0.3) is 5.91 Å². The summed E-state index contributed by atoms with van der Waals surface area (Å²) in [5.41, 5.74) is 0.623. The predicted molar refractivity (Wildman–Crippen MR) is 114 cm³/mol. The van der Waals surface area contributed by atoms with Gasteiger partial charge in [0.05, 0.1) is 24.2 Å². The number of hydrogen-bond acceptors (Lipinski definition) is 10. The lowest BCUT2D eigenvalue weighted by molar-refractivity contribution is -0.118. The lowest BCUT2D eigenvalue weighted by Crippen LogP contribution is -2.26. The van der Waals surface area contributed by atoms with Gasteiger partial charge in [-0.3, -0.25) is 4.79 Å². The van der Waals surface area contributed by atoms with Gasteiger partial charge in [-0.2, -0.15) is 4.98 Å². The maximum absolute atomic E-state index is 14.3. The number of amides is 1. The number of aromatic nitrogens is 4. The third-order valence-electron chi connectivity index (χ3n) is 4.96. The van der Waals surface area contributed by atoms with E-state index in [-0.39, 0.29) is 42.0 Å². The molecular weight excluding hydrogens is 419 g/mol. The van der Waals surface area contributed by atoms with Crippen molar-refractivity contribution in [2.75, 3.05) is 40.5 Å². The van der Waals surface area contributed by atoms with Crippen molar-refractivity contribution >= 4 is 40.8 Å². The van der Waals surface area contributed by atoms with Gasteiger partial charge < -0.3 is 30.7 Å². The largest absolute Gasteiger partial charge is 0.480 e. The second-order valence-corrected chi connectivity index (χ2v) is 7.31. The molecule has 164 valence electrons. The summed E-state index contributed by atoms with van der Waals surface area (Å²) in [6, 6.07) is 6.84. The molecule has 1 saturated heterocycles. The molecule has 5 heterocycles. The number of aliphatic hydroxyl groups excluding tert-OH is 1. The number of halogens is 1. The lowest BCUT2D eigenvalue weighted by Gasteiger charge is -2.17. The molecule has 1 fully saturated rings. The molecule has 1 amide bonds. The third kappa shape index (κ3) is 4.21. The summed E-state index contributed by atoms with van der Waals surface area (Å²) in [5, 5.41) is 18.0. The van der Waals surface area contributed by atoms with Crippen LogP contribution in [0, 0.1) is 5.82 Å². The molecule has 4 N–H and O–H groups in total. The Labute approximate surface area is 181 Å². The number of ether oxygens (including phenoxy) is 1. The van der Waals surface area contributed by atoms with Crippen LogP contribution in [0.15, 0.2) is 36.7 Å². The molecule has 0 unspecified atom stereocenters. The predicted octanol–water partition coefficient (Wildman–Crippen LogP) is 1.79. The van der Waals surface area contributed by atoms with Crippen molar-refractivity contribution < 1.29 is 19.0 Å². The number of rotatable bonds is 5. The van der Waals surface area contributed by atoms with Gasteiger partial charge in [0, 0.05) is 13.1 Å². The summed E-state index contributed by atoms with van der Waals surface area (Å²) in [5.74, 6) is 0.804. The van der Waals surface area contributed by atoms with Crippen molar-refractivity contribution in [3.63, 3.8) is 0 Å². The van der Waals surface area contributed by atoms with Crippen LogP contribution in [-0.4, -0.2) is 56.7 Å². The Morgan fingerprint density at radius 2 is 2.06 bits per heavy atom. The monoisotopic (exact) mass is 438 g/mol. The molecule has 0 bridgehead atoms. The molecule has 0 spiro atoms. The van der Waals surface area contributed by atoms with Crippen LogP contribution in [0.5, 0.6) is 5.75 Å². The first kappa shape index (κ1) is 19.9. The van der Waals surface area contributed by atoms with Crippen molar-refractivity contribution in [1.82, 2.24) is 19.9 Å². The average Bonchev–Trinajstić information content (AvgIpc) is 3.22. The van der Waals surface area contributed by atoms with Crippen molar-refractivity contribution in [2.45, 2.75) is 12.5 Å². The van der Waals surface area contributed by atoms with E-state index < -0.39 is 5.82 Å². The number of carbonyl (C=O) groups excluding carboxylic acids is 1. The van der Waals surface area contributed by atoms with E-state index in [1.807, 2.05) is 11.0 Å². The first-order valence-corrected chi connectivity index (χ1v) is 9.93. The zero-order valence-electron chi connectivity index (χ0n) is 16.7. The van der Waals surface area contributed by atoms with Gasteiger partial charge in [-0.1, -0.05) is 0 Å². The highest BCUT2D eigenvalue weighted by Crippen LogP contribution is 2.28.